The molecule has 0 aliphatic rings. The molecule has 0 aromatic carbocycles. The molecule has 0 amide bonds. The Labute approximate surface area is 112 Å². The standard InChI is InChI=1S/C15H17N3O/c1-15(2,3)14-12(10-17-18-14)6-7-13(19)11-5-4-8-16-9-11/h4-10H,1-3H3,(H,17,18). The third-order valence-corrected chi connectivity index (χ3v) is 2.78. The molecule has 2 aromatic rings. The second-order valence-corrected chi connectivity index (χ2v) is 5.39. The summed E-state index contributed by atoms with van der Waals surface area (Å²) in [5, 5.41) is 7.02. The second kappa shape index (κ2) is 5.18. The molecule has 0 unspecified atom stereocenters. The zero-order chi connectivity index (χ0) is 13.9. The van der Waals surface area contributed by atoms with Crippen molar-refractivity contribution in [2.75, 3.05) is 0 Å². The minimum absolute atomic E-state index is 0.0342. The summed E-state index contributed by atoms with van der Waals surface area (Å²) < 4.78 is 0. The first kappa shape index (κ1) is 13.2. The van der Waals surface area contributed by atoms with Gasteiger partial charge in [-0.2, -0.15) is 5.10 Å². The van der Waals surface area contributed by atoms with E-state index in [1.807, 2.05) is 0 Å². The summed E-state index contributed by atoms with van der Waals surface area (Å²) in [6, 6.07) is 3.50. The molecule has 0 atom stereocenters. The predicted octanol–water partition coefficient (Wildman–Crippen LogP) is 3.00. The first-order chi connectivity index (χ1) is 8.98. The van der Waals surface area contributed by atoms with Crippen LogP contribution in [0.3, 0.4) is 0 Å². The van der Waals surface area contributed by atoms with E-state index in [9.17, 15) is 4.79 Å². The Kier molecular flexibility index (Phi) is 3.60. The number of hydrogen-bond acceptors (Lipinski definition) is 3. The van der Waals surface area contributed by atoms with Gasteiger partial charge in [-0.05, 0) is 24.3 Å². The Balaban J connectivity index is 2.21. The van der Waals surface area contributed by atoms with Gasteiger partial charge in [-0.15, -0.1) is 0 Å². The fourth-order valence-corrected chi connectivity index (χ4v) is 1.79. The maximum absolute atomic E-state index is 11.9. The van der Waals surface area contributed by atoms with Crippen LogP contribution in [0.1, 0.15) is 42.4 Å². The molecule has 0 bridgehead atoms. The molecule has 4 nitrogen and oxygen atoms in total. The Bertz CT molecular complexity index is 591. The quantitative estimate of drug-likeness (QED) is 0.677. The molecule has 0 saturated carbocycles. The van der Waals surface area contributed by atoms with E-state index in [0.29, 0.717) is 5.56 Å². The molecule has 2 aromatic heterocycles. The van der Waals surface area contributed by atoms with Crippen molar-refractivity contribution in [3.8, 4) is 0 Å². The number of carbonyl (C=O) groups is 1. The van der Waals surface area contributed by atoms with Crippen molar-refractivity contribution in [1.82, 2.24) is 15.2 Å². The van der Waals surface area contributed by atoms with E-state index in [1.165, 1.54) is 0 Å². The lowest BCUT2D eigenvalue weighted by Gasteiger charge is -2.17. The molecule has 2 rings (SSSR count). The predicted molar refractivity (Wildman–Crippen MR) is 74.9 cm³/mol. The van der Waals surface area contributed by atoms with Gasteiger partial charge < -0.3 is 0 Å². The van der Waals surface area contributed by atoms with E-state index < -0.39 is 0 Å². The molecule has 98 valence electrons. The number of ketones is 1. The Morgan fingerprint density at radius 3 is 2.74 bits per heavy atom. The normalized spacial score (nSPS) is 11.9. The molecule has 0 aliphatic heterocycles. The zero-order valence-corrected chi connectivity index (χ0v) is 11.3. The zero-order valence-electron chi connectivity index (χ0n) is 11.3. The average molecular weight is 255 g/mol. The lowest BCUT2D eigenvalue weighted by Crippen LogP contribution is -2.13. The van der Waals surface area contributed by atoms with Gasteiger partial charge in [0.05, 0.1) is 6.20 Å². The van der Waals surface area contributed by atoms with Crippen molar-refractivity contribution in [3.05, 3.63) is 53.6 Å². The lowest BCUT2D eigenvalue weighted by molar-refractivity contribution is 0.104. The summed E-state index contributed by atoms with van der Waals surface area (Å²) in [6.07, 6.45) is 8.28. The molecular weight excluding hydrogens is 238 g/mol. The summed E-state index contributed by atoms with van der Waals surface area (Å²) in [5.41, 5.74) is 2.50. The molecule has 0 spiro atoms. The molecule has 2 heterocycles. The lowest BCUT2D eigenvalue weighted by atomic mass is 9.89. The van der Waals surface area contributed by atoms with Crippen molar-refractivity contribution in [3.63, 3.8) is 0 Å². The topological polar surface area (TPSA) is 58.6 Å². The molecule has 1 N–H and O–H groups in total. The Morgan fingerprint density at radius 1 is 1.32 bits per heavy atom. The van der Waals surface area contributed by atoms with E-state index in [4.69, 9.17) is 0 Å². The minimum Gasteiger partial charge on any atom is -0.289 e. The summed E-state index contributed by atoms with van der Waals surface area (Å²) in [4.78, 5) is 15.9. The first-order valence-electron chi connectivity index (χ1n) is 6.15. The van der Waals surface area contributed by atoms with E-state index in [-0.39, 0.29) is 11.2 Å². The molecule has 4 heteroatoms. The van der Waals surface area contributed by atoms with Gasteiger partial charge in [-0.3, -0.25) is 14.9 Å². The van der Waals surface area contributed by atoms with Crippen molar-refractivity contribution in [2.45, 2.75) is 26.2 Å². The average Bonchev–Trinajstić information content (AvgIpc) is 2.85. The number of nitrogens with one attached hydrogen (secondary N) is 1. The van der Waals surface area contributed by atoms with Gasteiger partial charge in [-0.1, -0.05) is 20.8 Å². The maximum atomic E-state index is 11.9. The number of rotatable bonds is 3. The van der Waals surface area contributed by atoms with Crippen LogP contribution in [0.15, 0.2) is 36.8 Å². The summed E-state index contributed by atoms with van der Waals surface area (Å²) in [6.45, 7) is 6.29. The monoisotopic (exact) mass is 255 g/mol. The SMILES string of the molecule is CC(C)(C)c1[nH]ncc1C=CC(=O)c1cccnc1. The van der Waals surface area contributed by atoms with Gasteiger partial charge in [0.1, 0.15) is 0 Å². The fourth-order valence-electron chi connectivity index (χ4n) is 1.79. The first-order valence-corrected chi connectivity index (χ1v) is 6.15. The molecular formula is C15H17N3O. The number of aromatic amines is 1. The van der Waals surface area contributed by atoms with Crippen LogP contribution in [0.5, 0.6) is 0 Å². The van der Waals surface area contributed by atoms with E-state index in [0.717, 1.165) is 11.3 Å². The second-order valence-electron chi connectivity index (χ2n) is 5.39. The van der Waals surface area contributed by atoms with Gasteiger partial charge in [-0.25, -0.2) is 0 Å². The maximum Gasteiger partial charge on any atom is 0.187 e. The highest BCUT2D eigenvalue weighted by Gasteiger charge is 2.18. The summed E-state index contributed by atoms with van der Waals surface area (Å²) in [7, 11) is 0. The minimum atomic E-state index is -0.0610. The number of nitrogens with zero attached hydrogens (tertiary/aromatic N) is 2. The Hall–Kier alpha value is -2.23. The molecule has 0 saturated heterocycles. The van der Waals surface area contributed by atoms with Crippen LogP contribution in [0.25, 0.3) is 6.08 Å². The number of allylic oxidation sites excluding steroid dienone is 1. The van der Waals surface area contributed by atoms with Gasteiger partial charge in [0.25, 0.3) is 0 Å². The van der Waals surface area contributed by atoms with Gasteiger partial charge in [0.15, 0.2) is 5.78 Å². The van der Waals surface area contributed by atoms with Crippen LogP contribution in [0.2, 0.25) is 0 Å². The molecule has 0 fully saturated rings. The highest BCUT2D eigenvalue weighted by atomic mass is 16.1. The number of pyridine rings is 1. The van der Waals surface area contributed by atoms with Gasteiger partial charge in [0, 0.05) is 34.6 Å². The summed E-state index contributed by atoms with van der Waals surface area (Å²) >= 11 is 0. The van der Waals surface area contributed by atoms with Crippen LogP contribution in [-0.2, 0) is 5.41 Å². The molecule has 0 radical (unpaired) electrons. The van der Waals surface area contributed by atoms with Crippen LogP contribution in [0, 0.1) is 0 Å². The smallest absolute Gasteiger partial charge is 0.187 e. The van der Waals surface area contributed by atoms with Crippen LogP contribution < -0.4 is 0 Å². The largest absolute Gasteiger partial charge is 0.289 e. The van der Waals surface area contributed by atoms with Gasteiger partial charge >= 0.3 is 0 Å². The third kappa shape index (κ3) is 3.16. The van der Waals surface area contributed by atoms with Crippen molar-refractivity contribution >= 4 is 11.9 Å². The highest BCUT2D eigenvalue weighted by Crippen LogP contribution is 2.24. The van der Waals surface area contributed by atoms with Gasteiger partial charge in [0.2, 0.25) is 0 Å². The number of aromatic nitrogens is 3. The third-order valence-electron chi connectivity index (χ3n) is 2.78. The van der Waals surface area contributed by atoms with Crippen LogP contribution >= 0.6 is 0 Å². The highest BCUT2D eigenvalue weighted by molar-refractivity contribution is 6.06. The van der Waals surface area contributed by atoms with Crippen molar-refractivity contribution in [1.29, 1.82) is 0 Å². The molecule has 19 heavy (non-hydrogen) atoms. The fraction of sp³-hybridized carbons (Fsp3) is 0.267. The number of hydrogen-bond donors (Lipinski definition) is 1. The van der Waals surface area contributed by atoms with Crippen LogP contribution in [-0.4, -0.2) is 21.0 Å². The molecule has 0 aliphatic carbocycles. The summed E-state index contributed by atoms with van der Waals surface area (Å²) in [5.74, 6) is -0.0610. The van der Waals surface area contributed by atoms with Crippen LogP contribution in [0.4, 0.5) is 0 Å². The Morgan fingerprint density at radius 2 is 2.11 bits per heavy atom. The number of H-pyrrole nitrogens is 1. The van der Waals surface area contributed by atoms with Crippen molar-refractivity contribution < 1.29 is 4.79 Å². The van der Waals surface area contributed by atoms with Crippen molar-refractivity contribution in [2.24, 2.45) is 0 Å². The van der Waals surface area contributed by atoms with E-state index in [2.05, 4.69) is 36.0 Å². The van der Waals surface area contributed by atoms with E-state index in [1.54, 1.807) is 42.9 Å². The number of carbonyl (C=O) groups excluding carboxylic acids is 1. The van der Waals surface area contributed by atoms with E-state index >= 15 is 0 Å².